The largest absolute Gasteiger partial charge is 0.422 e. The van der Waals surface area contributed by atoms with Gasteiger partial charge in [0.2, 0.25) is 0 Å². The molecule has 0 aromatic heterocycles. The molecule has 3 aromatic rings. The van der Waals surface area contributed by atoms with Gasteiger partial charge in [-0.2, -0.15) is 13.2 Å². The highest BCUT2D eigenvalue weighted by molar-refractivity contribution is 5.65. The van der Waals surface area contributed by atoms with Crippen LogP contribution in [0.15, 0.2) is 48.5 Å². The van der Waals surface area contributed by atoms with Crippen LogP contribution in [0.3, 0.4) is 0 Å². The molecular weight excluding hydrogens is 493 g/mol. The number of benzene rings is 3. The fourth-order valence-corrected chi connectivity index (χ4v) is 5.45. The van der Waals surface area contributed by atoms with Crippen LogP contribution in [-0.2, 0) is 19.0 Å². The minimum absolute atomic E-state index is 0.0268. The summed E-state index contributed by atoms with van der Waals surface area (Å²) in [7, 11) is 0. The maximum atomic E-state index is 15.0. The molecule has 0 radical (unpaired) electrons. The molecule has 1 aliphatic carbocycles. The molecule has 0 unspecified atom stereocenters. The van der Waals surface area contributed by atoms with Crippen molar-refractivity contribution in [3.8, 4) is 11.1 Å². The monoisotopic (exact) mass is 522 g/mol. The van der Waals surface area contributed by atoms with Gasteiger partial charge in [0, 0.05) is 5.56 Å². The summed E-state index contributed by atoms with van der Waals surface area (Å²) in [5.41, 5.74) is 0.0171. The molecule has 1 aliphatic rings. The summed E-state index contributed by atoms with van der Waals surface area (Å²) >= 11 is 0. The third-order valence-corrected chi connectivity index (χ3v) is 7.45. The van der Waals surface area contributed by atoms with Gasteiger partial charge in [-0.05, 0) is 84.7 Å². The Balaban J connectivity index is 1.43. The van der Waals surface area contributed by atoms with Gasteiger partial charge < -0.3 is 0 Å². The van der Waals surface area contributed by atoms with E-state index in [4.69, 9.17) is 0 Å². The first kappa shape index (κ1) is 27.2. The van der Waals surface area contributed by atoms with Crippen LogP contribution < -0.4 is 0 Å². The van der Waals surface area contributed by atoms with Gasteiger partial charge in [0.1, 0.15) is 17.2 Å². The van der Waals surface area contributed by atoms with Gasteiger partial charge in [-0.15, -0.1) is 0 Å². The van der Waals surface area contributed by atoms with E-state index in [9.17, 15) is 22.0 Å². The van der Waals surface area contributed by atoms with Crippen molar-refractivity contribution in [2.45, 2.75) is 70.4 Å². The number of alkyl halides is 3. The Morgan fingerprint density at radius 3 is 1.89 bits per heavy atom. The molecule has 3 aromatic carbocycles. The number of aryl methyl sites for hydroxylation is 2. The lowest BCUT2D eigenvalue weighted by atomic mass is 9.77. The number of hydrogen-bond donors (Lipinski definition) is 0. The quantitative estimate of drug-likeness (QED) is 0.271. The van der Waals surface area contributed by atoms with Crippen molar-refractivity contribution in [1.29, 1.82) is 0 Å². The van der Waals surface area contributed by atoms with Crippen LogP contribution in [0.25, 0.3) is 11.1 Å². The standard InChI is InChI=1S/C30H29F7/c1-2-3-18-6-10-21(11-7-18)23-14-15-24(29(34)28(23)33)22-12-8-19(9-13-22)4-5-20-16-25(31)27(26(32)17-20)30(35,36)37/h8-9,12-18,21H,2-7,10-11H2,1H3. The first-order valence-electron chi connectivity index (χ1n) is 12.7. The van der Waals surface area contributed by atoms with E-state index < -0.39 is 35.0 Å². The lowest BCUT2D eigenvalue weighted by molar-refractivity contribution is -0.142. The first-order chi connectivity index (χ1) is 17.6. The fourth-order valence-electron chi connectivity index (χ4n) is 5.45. The Hall–Kier alpha value is -2.83. The third kappa shape index (κ3) is 6.19. The lowest BCUT2D eigenvalue weighted by Crippen LogP contribution is -2.15. The molecule has 0 amide bonds. The van der Waals surface area contributed by atoms with Crippen molar-refractivity contribution >= 4 is 0 Å². The molecule has 1 saturated carbocycles. The van der Waals surface area contributed by atoms with Crippen LogP contribution in [0, 0.1) is 29.2 Å². The SMILES string of the molecule is CCCC1CCC(c2ccc(-c3ccc(CCc4cc(F)c(C(F)(F)F)c(F)c4)cc3)c(F)c2F)CC1. The fraction of sp³-hybridized carbons (Fsp3) is 0.400. The molecular formula is C30H29F7. The van der Waals surface area contributed by atoms with Gasteiger partial charge in [0.25, 0.3) is 0 Å². The molecule has 4 rings (SSSR count). The van der Waals surface area contributed by atoms with Crippen molar-refractivity contribution in [2.24, 2.45) is 5.92 Å². The Labute approximate surface area is 212 Å². The minimum atomic E-state index is -5.11. The zero-order valence-corrected chi connectivity index (χ0v) is 20.6. The highest BCUT2D eigenvalue weighted by atomic mass is 19.4. The summed E-state index contributed by atoms with van der Waals surface area (Å²) in [6.45, 7) is 2.16. The normalized spacial score (nSPS) is 18.3. The average molecular weight is 523 g/mol. The molecule has 0 spiro atoms. The number of hydrogen-bond acceptors (Lipinski definition) is 0. The minimum Gasteiger partial charge on any atom is -0.206 e. The van der Waals surface area contributed by atoms with E-state index in [1.54, 1.807) is 36.4 Å². The summed E-state index contributed by atoms with van der Waals surface area (Å²) in [6.07, 6.45) is 1.43. The summed E-state index contributed by atoms with van der Waals surface area (Å²) in [4.78, 5) is 0. The van der Waals surface area contributed by atoms with E-state index in [1.165, 1.54) is 6.42 Å². The molecule has 1 fully saturated rings. The third-order valence-electron chi connectivity index (χ3n) is 7.45. The number of halogens is 7. The lowest BCUT2D eigenvalue weighted by Gasteiger charge is -2.29. The van der Waals surface area contributed by atoms with Crippen LogP contribution in [-0.4, -0.2) is 0 Å². The Morgan fingerprint density at radius 1 is 0.730 bits per heavy atom. The molecule has 0 bridgehead atoms. The average Bonchev–Trinajstić information content (AvgIpc) is 2.84. The van der Waals surface area contributed by atoms with E-state index in [1.807, 2.05) is 0 Å². The highest BCUT2D eigenvalue weighted by Crippen LogP contribution is 2.40. The topological polar surface area (TPSA) is 0 Å². The number of rotatable bonds is 7. The molecule has 0 aliphatic heterocycles. The van der Waals surface area contributed by atoms with Crippen molar-refractivity contribution in [2.75, 3.05) is 0 Å². The summed E-state index contributed by atoms with van der Waals surface area (Å²) in [6, 6.07) is 11.3. The second-order valence-corrected chi connectivity index (χ2v) is 9.97. The predicted octanol–water partition coefficient (Wildman–Crippen LogP) is 9.79. The highest BCUT2D eigenvalue weighted by Gasteiger charge is 2.37. The Kier molecular flexibility index (Phi) is 8.29. The Morgan fingerprint density at radius 2 is 1.32 bits per heavy atom. The smallest absolute Gasteiger partial charge is 0.206 e. The summed E-state index contributed by atoms with van der Waals surface area (Å²) in [5.74, 6) is -4.27. The van der Waals surface area contributed by atoms with Gasteiger partial charge in [0.05, 0.1) is 0 Å². The summed E-state index contributed by atoms with van der Waals surface area (Å²) < 4.78 is 95.9. The second kappa shape index (κ2) is 11.3. The maximum Gasteiger partial charge on any atom is 0.422 e. The molecule has 37 heavy (non-hydrogen) atoms. The zero-order valence-electron chi connectivity index (χ0n) is 20.6. The van der Waals surface area contributed by atoms with Gasteiger partial charge >= 0.3 is 6.18 Å². The van der Waals surface area contributed by atoms with Crippen molar-refractivity contribution in [3.05, 3.63) is 94.1 Å². The second-order valence-electron chi connectivity index (χ2n) is 9.97. The summed E-state index contributed by atoms with van der Waals surface area (Å²) in [5, 5.41) is 0. The van der Waals surface area contributed by atoms with Crippen molar-refractivity contribution in [3.63, 3.8) is 0 Å². The molecule has 0 N–H and O–H groups in total. The van der Waals surface area contributed by atoms with Gasteiger partial charge in [-0.25, -0.2) is 17.6 Å². The van der Waals surface area contributed by atoms with Gasteiger partial charge in [0.15, 0.2) is 11.6 Å². The molecule has 0 atom stereocenters. The molecule has 198 valence electrons. The zero-order chi connectivity index (χ0) is 26.7. The van der Waals surface area contributed by atoms with Crippen LogP contribution in [0.1, 0.15) is 73.6 Å². The van der Waals surface area contributed by atoms with Crippen molar-refractivity contribution in [1.82, 2.24) is 0 Å². The first-order valence-corrected chi connectivity index (χ1v) is 12.7. The Bertz CT molecular complexity index is 1200. The molecule has 0 nitrogen and oxygen atoms in total. The van der Waals surface area contributed by atoms with Crippen LogP contribution in [0.4, 0.5) is 30.7 Å². The molecule has 7 heteroatoms. The van der Waals surface area contributed by atoms with E-state index >= 15 is 8.78 Å². The van der Waals surface area contributed by atoms with Crippen LogP contribution >= 0.6 is 0 Å². The molecule has 0 saturated heterocycles. The van der Waals surface area contributed by atoms with E-state index in [-0.39, 0.29) is 23.5 Å². The predicted molar refractivity (Wildman–Crippen MR) is 130 cm³/mol. The van der Waals surface area contributed by atoms with Crippen molar-refractivity contribution < 1.29 is 30.7 Å². The van der Waals surface area contributed by atoms with E-state index in [2.05, 4.69) is 6.92 Å². The van der Waals surface area contributed by atoms with E-state index in [0.29, 0.717) is 35.6 Å². The maximum absolute atomic E-state index is 15.0. The molecule has 0 heterocycles. The van der Waals surface area contributed by atoms with Crippen LogP contribution in [0.5, 0.6) is 0 Å². The van der Waals surface area contributed by atoms with Gasteiger partial charge in [-0.3, -0.25) is 0 Å². The van der Waals surface area contributed by atoms with Gasteiger partial charge in [-0.1, -0.05) is 56.2 Å². The van der Waals surface area contributed by atoms with E-state index in [0.717, 1.165) is 37.7 Å². The van der Waals surface area contributed by atoms with Crippen LogP contribution in [0.2, 0.25) is 0 Å².